The molecule has 4 heteroatoms. The minimum absolute atomic E-state index is 0.125. The van der Waals surface area contributed by atoms with Crippen molar-refractivity contribution < 1.29 is 20.1 Å². The van der Waals surface area contributed by atoms with Crippen LogP contribution >= 0.6 is 0 Å². The summed E-state index contributed by atoms with van der Waals surface area (Å²) in [6, 6.07) is 0. The lowest BCUT2D eigenvalue weighted by molar-refractivity contribution is -0.134. The smallest absolute Gasteiger partial charge is 0.300 e. The summed E-state index contributed by atoms with van der Waals surface area (Å²) in [5, 5.41) is 22.7. The summed E-state index contributed by atoms with van der Waals surface area (Å²) >= 11 is 0. The van der Waals surface area contributed by atoms with Crippen molar-refractivity contribution >= 4 is 5.97 Å². The SMILES string of the molecule is C=C.CC(=O)O.OCCO. The molecule has 0 aliphatic rings. The molecule has 0 aliphatic carbocycles. The van der Waals surface area contributed by atoms with Gasteiger partial charge in [-0.05, 0) is 0 Å². The first-order valence-electron chi connectivity index (χ1n) is 2.56. The molecule has 0 aromatic rings. The van der Waals surface area contributed by atoms with Gasteiger partial charge in [-0.15, -0.1) is 13.2 Å². The van der Waals surface area contributed by atoms with Gasteiger partial charge in [-0.2, -0.15) is 0 Å². The molecule has 10 heavy (non-hydrogen) atoms. The van der Waals surface area contributed by atoms with E-state index in [4.69, 9.17) is 20.1 Å². The highest BCUT2D eigenvalue weighted by Crippen LogP contribution is 1.42. The Hall–Kier alpha value is -0.870. The topological polar surface area (TPSA) is 77.8 Å². The van der Waals surface area contributed by atoms with Crippen LogP contribution in [-0.2, 0) is 4.79 Å². The Morgan fingerprint density at radius 3 is 1.40 bits per heavy atom. The van der Waals surface area contributed by atoms with Crippen molar-refractivity contribution in [3.05, 3.63) is 13.2 Å². The number of aliphatic hydroxyl groups is 2. The van der Waals surface area contributed by atoms with E-state index in [2.05, 4.69) is 13.2 Å². The van der Waals surface area contributed by atoms with Crippen LogP contribution in [-0.4, -0.2) is 34.5 Å². The molecule has 0 saturated carbocycles. The van der Waals surface area contributed by atoms with E-state index in [9.17, 15) is 0 Å². The largest absolute Gasteiger partial charge is 0.481 e. The van der Waals surface area contributed by atoms with Crippen molar-refractivity contribution in [1.82, 2.24) is 0 Å². The van der Waals surface area contributed by atoms with Crippen LogP contribution < -0.4 is 0 Å². The number of rotatable bonds is 1. The first-order valence-corrected chi connectivity index (χ1v) is 2.56. The molecule has 0 atom stereocenters. The summed E-state index contributed by atoms with van der Waals surface area (Å²) in [7, 11) is 0. The fraction of sp³-hybridized carbons (Fsp3) is 0.500. The van der Waals surface area contributed by atoms with E-state index in [-0.39, 0.29) is 13.2 Å². The van der Waals surface area contributed by atoms with Gasteiger partial charge in [0, 0.05) is 6.92 Å². The molecule has 0 bridgehead atoms. The third-order valence-electron chi connectivity index (χ3n) is 0.1000. The molecular formula is C6H14O4. The number of carboxylic acids is 1. The summed E-state index contributed by atoms with van der Waals surface area (Å²) in [6.07, 6.45) is 0. The fourth-order valence-corrected chi connectivity index (χ4v) is 0. The maximum Gasteiger partial charge on any atom is 0.300 e. The quantitative estimate of drug-likeness (QED) is 0.455. The highest BCUT2D eigenvalue weighted by Gasteiger charge is 1.65. The van der Waals surface area contributed by atoms with Crippen LogP contribution in [0.5, 0.6) is 0 Å². The molecule has 0 radical (unpaired) electrons. The van der Waals surface area contributed by atoms with Crippen LogP contribution in [0.3, 0.4) is 0 Å². The van der Waals surface area contributed by atoms with Crippen molar-refractivity contribution in [2.75, 3.05) is 13.2 Å². The second kappa shape index (κ2) is 24.2. The third-order valence-corrected chi connectivity index (χ3v) is 0.1000. The monoisotopic (exact) mass is 150 g/mol. The summed E-state index contributed by atoms with van der Waals surface area (Å²) in [6.45, 7) is 6.83. The van der Waals surface area contributed by atoms with Crippen LogP contribution in [0.2, 0.25) is 0 Å². The van der Waals surface area contributed by atoms with E-state index in [0.29, 0.717) is 0 Å². The molecule has 0 saturated heterocycles. The van der Waals surface area contributed by atoms with Gasteiger partial charge in [0.1, 0.15) is 0 Å². The maximum atomic E-state index is 9.00. The molecular weight excluding hydrogens is 136 g/mol. The molecule has 0 amide bonds. The van der Waals surface area contributed by atoms with Crippen LogP contribution in [0.1, 0.15) is 6.92 Å². The zero-order valence-electron chi connectivity index (χ0n) is 6.08. The van der Waals surface area contributed by atoms with Crippen molar-refractivity contribution in [2.24, 2.45) is 0 Å². The first-order chi connectivity index (χ1) is 4.65. The minimum Gasteiger partial charge on any atom is -0.481 e. The molecule has 0 heterocycles. The molecule has 4 nitrogen and oxygen atoms in total. The second-order valence-electron chi connectivity index (χ2n) is 0.966. The third kappa shape index (κ3) is 15900. The highest BCUT2D eigenvalue weighted by molar-refractivity contribution is 5.62. The average Bonchev–Trinajstić information content (AvgIpc) is 1.91. The molecule has 0 aliphatic heterocycles. The molecule has 0 fully saturated rings. The van der Waals surface area contributed by atoms with E-state index in [1.807, 2.05) is 0 Å². The Kier molecular flexibility index (Phi) is 38.9. The Bertz CT molecular complexity index is 56.8. The zero-order valence-corrected chi connectivity index (χ0v) is 6.08. The normalized spacial score (nSPS) is 5.90. The molecule has 0 unspecified atom stereocenters. The molecule has 0 aromatic heterocycles. The Labute approximate surface area is 60.4 Å². The predicted molar refractivity (Wildman–Crippen MR) is 38.7 cm³/mol. The summed E-state index contributed by atoms with van der Waals surface area (Å²) < 4.78 is 0. The summed E-state index contributed by atoms with van der Waals surface area (Å²) in [5.41, 5.74) is 0. The average molecular weight is 150 g/mol. The van der Waals surface area contributed by atoms with Crippen molar-refractivity contribution in [2.45, 2.75) is 6.92 Å². The Morgan fingerprint density at radius 2 is 1.40 bits per heavy atom. The van der Waals surface area contributed by atoms with Gasteiger partial charge in [-0.1, -0.05) is 0 Å². The number of aliphatic hydroxyl groups excluding tert-OH is 2. The van der Waals surface area contributed by atoms with E-state index < -0.39 is 5.97 Å². The van der Waals surface area contributed by atoms with Crippen molar-refractivity contribution in [3.8, 4) is 0 Å². The van der Waals surface area contributed by atoms with Gasteiger partial charge < -0.3 is 15.3 Å². The van der Waals surface area contributed by atoms with E-state index in [1.165, 1.54) is 0 Å². The molecule has 3 N–H and O–H groups in total. The van der Waals surface area contributed by atoms with E-state index in [1.54, 1.807) is 0 Å². The van der Waals surface area contributed by atoms with E-state index >= 15 is 0 Å². The lowest BCUT2D eigenvalue weighted by Crippen LogP contribution is -1.85. The van der Waals surface area contributed by atoms with Gasteiger partial charge in [0.2, 0.25) is 0 Å². The number of hydrogen-bond acceptors (Lipinski definition) is 3. The predicted octanol–water partition coefficient (Wildman–Crippen LogP) is -0.136. The number of aliphatic carboxylic acids is 1. The minimum atomic E-state index is -0.833. The number of carbonyl (C=O) groups is 1. The lowest BCUT2D eigenvalue weighted by Gasteiger charge is -1.70. The summed E-state index contributed by atoms with van der Waals surface area (Å²) in [4.78, 5) is 9.00. The first kappa shape index (κ1) is 16.1. The fourth-order valence-electron chi connectivity index (χ4n) is 0. The van der Waals surface area contributed by atoms with Crippen molar-refractivity contribution in [1.29, 1.82) is 0 Å². The van der Waals surface area contributed by atoms with Gasteiger partial charge in [0.15, 0.2) is 0 Å². The molecule has 0 aromatic carbocycles. The van der Waals surface area contributed by atoms with Gasteiger partial charge in [-0.25, -0.2) is 0 Å². The van der Waals surface area contributed by atoms with Crippen LogP contribution in [0.15, 0.2) is 13.2 Å². The van der Waals surface area contributed by atoms with Gasteiger partial charge in [-0.3, -0.25) is 4.79 Å². The zero-order chi connectivity index (χ0) is 8.99. The second-order valence-corrected chi connectivity index (χ2v) is 0.966. The van der Waals surface area contributed by atoms with Gasteiger partial charge >= 0.3 is 0 Å². The highest BCUT2D eigenvalue weighted by atomic mass is 16.4. The molecule has 62 valence electrons. The lowest BCUT2D eigenvalue weighted by atomic mass is 10.8. The Balaban J connectivity index is -0.0000000787. The van der Waals surface area contributed by atoms with Gasteiger partial charge in [0.05, 0.1) is 13.2 Å². The van der Waals surface area contributed by atoms with Crippen molar-refractivity contribution in [3.63, 3.8) is 0 Å². The van der Waals surface area contributed by atoms with Crippen LogP contribution in [0.25, 0.3) is 0 Å². The molecule has 0 spiro atoms. The maximum absolute atomic E-state index is 9.00. The summed E-state index contributed by atoms with van der Waals surface area (Å²) in [5.74, 6) is -0.833. The van der Waals surface area contributed by atoms with Crippen LogP contribution in [0.4, 0.5) is 0 Å². The number of carboxylic acid groups (broad SMARTS) is 1. The van der Waals surface area contributed by atoms with Crippen LogP contribution in [0, 0.1) is 0 Å². The van der Waals surface area contributed by atoms with E-state index in [0.717, 1.165) is 6.92 Å². The Morgan fingerprint density at radius 1 is 1.30 bits per heavy atom. The standard InChI is InChI=1S/C2H4O2.C2H6O2.C2H4/c1-2(3)4;3-1-2-4;1-2/h1H3,(H,3,4);3-4H,1-2H2;1-2H2. The number of hydrogen-bond donors (Lipinski definition) is 3. The molecule has 0 rings (SSSR count). The van der Waals surface area contributed by atoms with Gasteiger partial charge in [0.25, 0.3) is 5.97 Å².